The van der Waals surface area contributed by atoms with Crippen molar-refractivity contribution in [2.45, 2.75) is 32.4 Å². The third-order valence-corrected chi connectivity index (χ3v) is 5.17. The van der Waals surface area contributed by atoms with Crippen LogP contribution in [0.1, 0.15) is 42.3 Å². The average Bonchev–Trinajstić information content (AvgIpc) is 3.25. The number of rotatable bonds is 8. The summed E-state index contributed by atoms with van der Waals surface area (Å²) in [5.74, 6) is -1.91. The lowest BCUT2D eigenvalue weighted by Gasteiger charge is -2.11. The molecule has 0 spiro atoms. The molecular formula is C24H22ClF3N2O3S. The van der Waals surface area contributed by atoms with Gasteiger partial charge < -0.3 is 14.5 Å². The first-order chi connectivity index (χ1) is 16.2. The van der Waals surface area contributed by atoms with Crippen LogP contribution in [-0.4, -0.2) is 17.6 Å². The first-order valence-corrected chi connectivity index (χ1v) is 11.3. The first-order valence-electron chi connectivity index (χ1n) is 10.5. The van der Waals surface area contributed by atoms with Crippen molar-refractivity contribution in [3.8, 4) is 17.1 Å². The van der Waals surface area contributed by atoms with Crippen LogP contribution in [0.4, 0.5) is 18.9 Å². The third-order valence-electron chi connectivity index (χ3n) is 4.72. The lowest BCUT2D eigenvalue weighted by atomic mass is 10.1. The molecule has 0 saturated carbocycles. The highest BCUT2D eigenvalue weighted by molar-refractivity contribution is 7.80. The summed E-state index contributed by atoms with van der Waals surface area (Å²) in [5.41, 5.74) is 0.195. The minimum Gasteiger partial charge on any atom is -0.494 e. The van der Waals surface area contributed by atoms with Gasteiger partial charge in [0.05, 0.1) is 12.2 Å². The summed E-state index contributed by atoms with van der Waals surface area (Å²) in [6.07, 6.45) is -1.73. The molecule has 2 N–H and O–H groups in total. The SMILES string of the molecule is CCCCCOc1ccc(NC(=S)NC(=O)c2cc(-c3ccc(Cl)cc3)oc2C(F)(F)F)cc1. The van der Waals surface area contributed by atoms with Crippen LogP contribution in [0.15, 0.2) is 59.0 Å². The number of amides is 1. The van der Waals surface area contributed by atoms with Crippen molar-refractivity contribution in [3.05, 3.63) is 70.9 Å². The van der Waals surface area contributed by atoms with Gasteiger partial charge in [0, 0.05) is 16.3 Å². The van der Waals surface area contributed by atoms with Crippen molar-refractivity contribution >= 4 is 40.5 Å². The number of anilines is 1. The van der Waals surface area contributed by atoms with Crippen molar-refractivity contribution in [1.82, 2.24) is 5.32 Å². The van der Waals surface area contributed by atoms with Gasteiger partial charge in [-0.3, -0.25) is 10.1 Å². The van der Waals surface area contributed by atoms with Crippen LogP contribution in [0.5, 0.6) is 5.75 Å². The minimum atomic E-state index is -4.88. The molecule has 1 heterocycles. The highest BCUT2D eigenvalue weighted by Gasteiger charge is 2.40. The molecule has 0 unspecified atom stereocenters. The van der Waals surface area contributed by atoms with Crippen LogP contribution >= 0.6 is 23.8 Å². The fourth-order valence-electron chi connectivity index (χ4n) is 3.04. The van der Waals surface area contributed by atoms with Gasteiger partial charge >= 0.3 is 6.18 Å². The Hall–Kier alpha value is -3.04. The summed E-state index contributed by atoms with van der Waals surface area (Å²) in [4.78, 5) is 12.6. The molecule has 0 aliphatic rings. The van der Waals surface area contributed by atoms with E-state index >= 15 is 0 Å². The van der Waals surface area contributed by atoms with E-state index in [0.29, 0.717) is 28.6 Å². The summed E-state index contributed by atoms with van der Waals surface area (Å²) >= 11 is 10.9. The van der Waals surface area contributed by atoms with Crippen molar-refractivity contribution < 1.29 is 27.1 Å². The van der Waals surface area contributed by atoms with E-state index in [4.69, 9.17) is 33.0 Å². The standard InChI is InChI=1S/C24H22ClF3N2O3S/c1-2-3-4-13-32-18-11-9-17(10-12-18)29-23(34)30-22(31)19-14-20(33-21(19)24(26,27)28)15-5-7-16(25)8-6-15/h5-12,14H,2-4,13H2,1H3,(H2,29,30,31,34). The fourth-order valence-corrected chi connectivity index (χ4v) is 3.37. The van der Waals surface area contributed by atoms with Crippen molar-refractivity contribution in [3.63, 3.8) is 0 Å². The Morgan fingerprint density at radius 2 is 1.76 bits per heavy atom. The van der Waals surface area contributed by atoms with E-state index in [1.165, 1.54) is 24.3 Å². The zero-order valence-corrected chi connectivity index (χ0v) is 19.7. The summed E-state index contributed by atoms with van der Waals surface area (Å²) in [5, 5.41) is 5.28. The predicted molar refractivity (Wildman–Crippen MR) is 129 cm³/mol. The quantitative estimate of drug-likeness (QED) is 0.245. The number of hydrogen-bond donors (Lipinski definition) is 2. The van der Waals surface area contributed by atoms with Crippen molar-refractivity contribution in [1.29, 1.82) is 0 Å². The molecule has 0 saturated heterocycles. The smallest absolute Gasteiger partial charge is 0.450 e. The molecule has 10 heteroatoms. The Kier molecular flexibility index (Phi) is 8.57. The first kappa shape index (κ1) is 25.6. The van der Waals surface area contributed by atoms with Crippen LogP contribution in [0.2, 0.25) is 5.02 Å². The van der Waals surface area contributed by atoms with Crippen LogP contribution in [-0.2, 0) is 6.18 Å². The highest BCUT2D eigenvalue weighted by Crippen LogP contribution is 2.37. The van der Waals surface area contributed by atoms with E-state index in [1.807, 2.05) is 0 Å². The van der Waals surface area contributed by atoms with Crippen LogP contribution < -0.4 is 15.4 Å². The molecule has 1 aromatic heterocycles. The van der Waals surface area contributed by atoms with Gasteiger partial charge in [0.1, 0.15) is 11.5 Å². The lowest BCUT2D eigenvalue weighted by molar-refractivity contribution is -0.153. The second-order valence-electron chi connectivity index (χ2n) is 7.35. The van der Waals surface area contributed by atoms with E-state index in [0.717, 1.165) is 25.3 Å². The average molecular weight is 511 g/mol. The highest BCUT2D eigenvalue weighted by atomic mass is 35.5. The molecule has 0 radical (unpaired) electrons. The van der Waals surface area contributed by atoms with Gasteiger partial charge in [0.15, 0.2) is 5.11 Å². The Bertz CT molecular complexity index is 1130. The summed E-state index contributed by atoms with van der Waals surface area (Å²) in [6.45, 7) is 2.72. The second-order valence-corrected chi connectivity index (χ2v) is 8.19. The van der Waals surface area contributed by atoms with Gasteiger partial charge in [-0.15, -0.1) is 0 Å². The molecule has 0 fully saturated rings. The van der Waals surface area contributed by atoms with E-state index in [1.54, 1.807) is 24.3 Å². The summed E-state index contributed by atoms with van der Waals surface area (Å²) in [7, 11) is 0. The molecule has 1 amide bonds. The van der Waals surface area contributed by atoms with Crippen LogP contribution in [0.25, 0.3) is 11.3 Å². The maximum Gasteiger partial charge on any atom is 0.450 e. The van der Waals surface area contributed by atoms with Gasteiger partial charge in [-0.2, -0.15) is 13.2 Å². The molecule has 34 heavy (non-hydrogen) atoms. The number of alkyl halides is 3. The molecule has 0 aliphatic carbocycles. The number of benzene rings is 2. The number of thiocarbonyl (C=S) groups is 1. The monoisotopic (exact) mass is 510 g/mol. The third kappa shape index (κ3) is 6.98. The summed E-state index contributed by atoms with van der Waals surface area (Å²) < 4.78 is 51.1. The maximum absolute atomic E-state index is 13.5. The Morgan fingerprint density at radius 1 is 1.09 bits per heavy atom. The number of hydrogen-bond acceptors (Lipinski definition) is 4. The van der Waals surface area contributed by atoms with Gasteiger partial charge in [0.25, 0.3) is 5.91 Å². The fraction of sp³-hybridized carbons (Fsp3) is 0.250. The molecule has 0 aliphatic heterocycles. The number of carbonyl (C=O) groups is 1. The predicted octanol–water partition coefficient (Wildman–Crippen LogP) is 7.31. The van der Waals surface area contributed by atoms with E-state index < -0.39 is 23.4 Å². The molecule has 0 bridgehead atoms. The Balaban J connectivity index is 1.67. The van der Waals surface area contributed by atoms with Crippen molar-refractivity contribution in [2.75, 3.05) is 11.9 Å². The van der Waals surface area contributed by atoms with Gasteiger partial charge in [-0.25, -0.2) is 0 Å². The van der Waals surface area contributed by atoms with Gasteiger partial charge in [0.2, 0.25) is 5.76 Å². The zero-order chi connectivity index (χ0) is 24.7. The normalized spacial score (nSPS) is 11.2. The van der Waals surface area contributed by atoms with Crippen LogP contribution in [0.3, 0.4) is 0 Å². The molecule has 5 nitrogen and oxygen atoms in total. The molecule has 180 valence electrons. The molecule has 0 atom stereocenters. The number of ether oxygens (including phenoxy) is 1. The van der Waals surface area contributed by atoms with E-state index in [2.05, 4.69) is 17.6 Å². The largest absolute Gasteiger partial charge is 0.494 e. The zero-order valence-electron chi connectivity index (χ0n) is 18.2. The lowest BCUT2D eigenvalue weighted by Crippen LogP contribution is -2.34. The Labute approximate surface area is 205 Å². The topological polar surface area (TPSA) is 63.5 Å². The number of halogens is 4. The van der Waals surface area contributed by atoms with Gasteiger partial charge in [-0.1, -0.05) is 31.4 Å². The maximum atomic E-state index is 13.5. The molecule has 3 aromatic rings. The van der Waals surface area contributed by atoms with E-state index in [-0.39, 0.29) is 10.9 Å². The second kappa shape index (κ2) is 11.4. The Morgan fingerprint density at radius 3 is 2.38 bits per heavy atom. The molecule has 2 aromatic carbocycles. The van der Waals surface area contributed by atoms with Gasteiger partial charge in [-0.05, 0) is 73.2 Å². The molecule has 3 rings (SSSR count). The number of furan rings is 1. The molecular weight excluding hydrogens is 489 g/mol. The van der Waals surface area contributed by atoms with E-state index in [9.17, 15) is 18.0 Å². The van der Waals surface area contributed by atoms with Crippen molar-refractivity contribution in [2.24, 2.45) is 0 Å². The van der Waals surface area contributed by atoms with Crippen LogP contribution in [0, 0.1) is 0 Å². The summed E-state index contributed by atoms with van der Waals surface area (Å²) in [6, 6.07) is 13.9. The minimum absolute atomic E-state index is 0.123. The number of carbonyl (C=O) groups excluding carboxylic acids is 1. The number of nitrogens with one attached hydrogen (secondary N) is 2. The number of unbranched alkanes of at least 4 members (excludes halogenated alkanes) is 2.